The summed E-state index contributed by atoms with van der Waals surface area (Å²) in [6, 6.07) is 17.4. The Morgan fingerprint density at radius 2 is 1.73 bits per heavy atom. The van der Waals surface area contributed by atoms with Crippen LogP contribution in [-0.2, 0) is 13.1 Å². The lowest BCUT2D eigenvalue weighted by Crippen LogP contribution is -2.23. The van der Waals surface area contributed by atoms with Gasteiger partial charge in [0.1, 0.15) is 5.75 Å². The first-order chi connectivity index (χ1) is 14.6. The van der Waals surface area contributed by atoms with Crippen molar-refractivity contribution in [2.24, 2.45) is 0 Å². The number of nitrogens with zero attached hydrogens (tertiary/aromatic N) is 4. The third-order valence-electron chi connectivity index (χ3n) is 5.67. The van der Waals surface area contributed by atoms with Crippen LogP contribution in [0.1, 0.15) is 35.6 Å². The number of hydrogen-bond donors (Lipinski definition) is 0. The lowest BCUT2D eigenvalue weighted by molar-refractivity contribution is 0.248. The van der Waals surface area contributed by atoms with E-state index < -0.39 is 0 Å². The molecule has 1 unspecified atom stereocenters. The van der Waals surface area contributed by atoms with Crippen LogP contribution in [0.25, 0.3) is 11.4 Å². The number of aromatic nitrogens is 2. The predicted octanol–water partition coefficient (Wildman–Crippen LogP) is 4.55. The molecule has 0 bridgehead atoms. The van der Waals surface area contributed by atoms with Gasteiger partial charge in [0.05, 0.1) is 12.7 Å². The number of rotatable bonds is 7. The van der Waals surface area contributed by atoms with Gasteiger partial charge in [-0.1, -0.05) is 36.4 Å². The fourth-order valence-corrected chi connectivity index (χ4v) is 4.24. The summed E-state index contributed by atoms with van der Waals surface area (Å²) in [5.74, 6) is 1.49. The highest BCUT2D eigenvalue weighted by atomic mass is 16.5. The van der Waals surface area contributed by atoms with E-state index in [4.69, 9.17) is 4.74 Å². The van der Waals surface area contributed by atoms with Crippen molar-refractivity contribution in [3.05, 3.63) is 77.6 Å². The van der Waals surface area contributed by atoms with E-state index in [1.54, 1.807) is 7.11 Å². The predicted molar refractivity (Wildman–Crippen MR) is 120 cm³/mol. The van der Waals surface area contributed by atoms with Gasteiger partial charge in [0.25, 0.3) is 0 Å². The molecule has 1 aromatic heterocycles. The molecule has 0 N–H and O–H groups in total. The standard InChI is InChI=1S/C25H30N4O/c1-28(2)17-19-10-12-21(13-11-19)23-8-6-14-29(23)18-20-15-26-25(27-16-20)22-7-4-5-9-24(22)30-3/h4-5,7,9-13,15-16,23H,6,8,14,17-18H2,1-3H3. The van der Waals surface area contributed by atoms with Gasteiger partial charge in [0.15, 0.2) is 5.82 Å². The molecule has 2 heterocycles. The van der Waals surface area contributed by atoms with Gasteiger partial charge in [-0.15, -0.1) is 0 Å². The highest BCUT2D eigenvalue weighted by Crippen LogP contribution is 2.33. The molecule has 1 aliphatic rings. The molecule has 1 aliphatic heterocycles. The topological polar surface area (TPSA) is 41.5 Å². The number of hydrogen-bond acceptors (Lipinski definition) is 5. The molecule has 1 fully saturated rings. The summed E-state index contributed by atoms with van der Waals surface area (Å²) in [4.78, 5) is 14.0. The van der Waals surface area contributed by atoms with Crippen molar-refractivity contribution in [2.75, 3.05) is 27.7 Å². The maximum atomic E-state index is 5.44. The van der Waals surface area contributed by atoms with Crippen molar-refractivity contribution in [1.82, 2.24) is 19.8 Å². The normalized spacial score (nSPS) is 16.9. The summed E-state index contributed by atoms with van der Waals surface area (Å²) in [6.07, 6.45) is 6.33. The molecule has 0 amide bonds. The summed E-state index contributed by atoms with van der Waals surface area (Å²) in [5, 5.41) is 0. The Bertz CT molecular complexity index is 954. The van der Waals surface area contributed by atoms with E-state index in [0.717, 1.165) is 36.5 Å². The Balaban J connectivity index is 1.45. The van der Waals surface area contributed by atoms with Crippen LogP contribution in [-0.4, -0.2) is 47.5 Å². The minimum Gasteiger partial charge on any atom is -0.496 e. The summed E-state index contributed by atoms with van der Waals surface area (Å²) < 4.78 is 5.44. The molecule has 1 saturated heterocycles. The fourth-order valence-electron chi connectivity index (χ4n) is 4.24. The van der Waals surface area contributed by atoms with Crippen LogP contribution in [0.2, 0.25) is 0 Å². The zero-order valence-corrected chi connectivity index (χ0v) is 18.1. The zero-order valence-electron chi connectivity index (χ0n) is 18.1. The zero-order chi connectivity index (χ0) is 20.9. The molecular formula is C25H30N4O. The van der Waals surface area contributed by atoms with Crippen molar-refractivity contribution >= 4 is 0 Å². The third-order valence-corrected chi connectivity index (χ3v) is 5.67. The summed E-state index contributed by atoms with van der Waals surface area (Å²) >= 11 is 0. The molecule has 0 aliphatic carbocycles. The number of likely N-dealkylation sites (tertiary alicyclic amines) is 1. The monoisotopic (exact) mass is 402 g/mol. The van der Waals surface area contributed by atoms with Gasteiger partial charge in [-0.05, 0) is 56.7 Å². The first-order valence-corrected chi connectivity index (χ1v) is 10.6. The van der Waals surface area contributed by atoms with Gasteiger partial charge >= 0.3 is 0 Å². The van der Waals surface area contributed by atoms with Gasteiger partial charge < -0.3 is 9.64 Å². The van der Waals surface area contributed by atoms with E-state index in [1.807, 2.05) is 36.7 Å². The second kappa shape index (κ2) is 9.37. The first kappa shape index (κ1) is 20.5. The van der Waals surface area contributed by atoms with Crippen molar-refractivity contribution in [1.29, 1.82) is 0 Å². The Labute approximate surface area is 179 Å². The largest absolute Gasteiger partial charge is 0.496 e. The number of para-hydroxylation sites is 1. The van der Waals surface area contributed by atoms with Crippen molar-refractivity contribution in [3.63, 3.8) is 0 Å². The minimum absolute atomic E-state index is 0.465. The molecule has 0 saturated carbocycles. The van der Waals surface area contributed by atoms with Gasteiger partial charge in [0, 0.05) is 37.1 Å². The Hall–Kier alpha value is -2.76. The van der Waals surface area contributed by atoms with Crippen LogP contribution in [0.4, 0.5) is 0 Å². The van der Waals surface area contributed by atoms with Crippen LogP contribution in [0.5, 0.6) is 5.75 Å². The fraction of sp³-hybridized carbons (Fsp3) is 0.360. The summed E-state index contributed by atoms with van der Waals surface area (Å²) in [6.45, 7) is 2.96. The highest BCUT2D eigenvalue weighted by molar-refractivity contribution is 5.63. The second-order valence-corrected chi connectivity index (χ2v) is 8.22. The number of ether oxygens (including phenoxy) is 1. The van der Waals surface area contributed by atoms with Gasteiger partial charge in [-0.2, -0.15) is 0 Å². The van der Waals surface area contributed by atoms with Crippen LogP contribution in [0, 0.1) is 0 Å². The second-order valence-electron chi connectivity index (χ2n) is 8.22. The molecule has 2 aromatic carbocycles. The Morgan fingerprint density at radius 1 is 1.00 bits per heavy atom. The van der Waals surface area contributed by atoms with Crippen molar-refractivity contribution < 1.29 is 4.74 Å². The lowest BCUT2D eigenvalue weighted by Gasteiger charge is -2.25. The molecule has 156 valence electrons. The van der Waals surface area contributed by atoms with Gasteiger partial charge in [0.2, 0.25) is 0 Å². The van der Waals surface area contributed by atoms with Crippen molar-refractivity contribution in [3.8, 4) is 17.1 Å². The molecular weight excluding hydrogens is 372 g/mol. The van der Waals surface area contributed by atoms with E-state index in [2.05, 4.69) is 58.1 Å². The SMILES string of the molecule is COc1ccccc1-c1ncc(CN2CCCC2c2ccc(CN(C)C)cc2)cn1. The van der Waals surface area contributed by atoms with E-state index in [1.165, 1.54) is 24.0 Å². The quantitative estimate of drug-likeness (QED) is 0.580. The maximum Gasteiger partial charge on any atom is 0.162 e. The van der Waals surface area contributed by atoms with E-state index >= 15 is 0 Å². The summed E-state index contributed by atoms with van der Waals surface area (Å²) in [5.41, 5.74) is 4.82. The molecule has 0 spiro atoms. The molecule has 5 heteroatoms. The molecule has 30 heavy (non-hydrogen) atoms. The average molecular weight is 403 g/mol. The lowest BCUT2D eigenvalue weighted by atomic mass is 10.0. The van der Waals surface area contributed by atoms with Crippen LogP contribution >= 0.6 is 0 Å². The van der Waals surface area contributed by atoms with Gasteiger partial charge in [-0.25, -0.2) is 9.97 Å². The molecule has 1 atom stereocenters. The summed E-state index contributed by atoms with van der Waals surface area (Å²) in [7, 11) is 5.88. The minimum atomic E-state index is 0.465. The first-order valence-electron chi connectivity index (χ1n) is 10.6. The smallest absolute Gasteiger partial charge is 0.162 e. The number of methoxy groups -OCH3 is 1. The van der Waals surface area contributed by atoms with E-state index in [-0.39, 0.29) is 0 Å². The van der Waals surface area contributed by atoms with Crippen LogP contribution in [0.15, 0.2) is 60.9 Å². The molecule has 5 nitrogen and oxygen atoms in total. The van der Waals surface area contributed by atoms with Gasteiger partial charge in [-0.3, -0.25) is 4.90 Å². The van der Waals surface area contributed by atoms with Crippen LogP contribution in [0.3, 0.4) is 0 Å². The average Bonchev–Trinajstić information content (AvgIpc) is 3.22. The number of benzene rings is 2. The molecule has 0 radical (unpaired) electrons. The van der Waals surface area contributed by atoms with Crippen LogP contribution < -0.4 is 4.74 Å². The third kappa shape index (κ3) is 4.69. The molecule has 4 rings (SSSR count). The van der Waals surface area contributed by atoms with Crippen molar-refractivity contribution in [2.45, 2.75) is 32.0 Å². The molecule has 3 aromatic rings. The van der Waals surface area contributed by atoms with E-state index in [0.29, 0.717) is 11.9 Å². The maximum absolute atomic E-state index is 5.44. The van der Waals surface area contributed by atoms with E-state index in [9.17, 15) is 0 Å². The Morgan fingerprint density at radius 3 is 2.43 bits per heavy atom. The highest BCUT2D eigenvalue weighted by Gasteiger charge is 2.26. The Kier molecular flexibility index (Phi) is 6.41.